The summed E-state index contributed by atoms with van der Waals surface area (Å²) in [5.41, 5.74) is 8.78. The minimum Gasteiger partial charge on any atom is -0.496 e. The number of anilines is 1. The number of halogens is 3. The van der Waals surface area contributed by atoms with Crippen LogP contribution in [0.5, 0.6) is 5.75 Å². The van der Waals surface area contributed by atoms with Crippen LogP contribution in [0, 0.1) is 0 Å². The molecule has 2 amide bonds. The molecule has 1 aromatic heterocycles. The molecule has 4 aromatic rings. The number of benzene rings is 3. The smallest absolute Gasteiger partial charge is 0.267 e. The number of pyridine rings is 1. The molecule has 2 unspecified atom stereocenters. The van der Waals surface area contributed by atoms with Gasteiger partial charge in [-0.3, -0.25) is 34.5 Å². The molecule has 0 aliphatic carbocycles. The van der Waals surface area contributed by atoms with Crippen molar-refractivity contribution in [2.24, 2.45) is 12.0 Å². The second-order valence-corrected chi connectivity index (χ2v) is 15.5. The number of piperidine rings is 2. The molecule has 55 heavy (non-hydrogen) atoms. The number of fused-ring (bicyclic) bond motifs is 2. The molecule has 2 atom stereocenters. The van der Waals surface area contributed by atoms with Crippen molar-refractivity contribution in [1.82, 2.24) is 19.7 Å². The lowest BCUT2D eigenvalue weighted by atomic mass is 9.85. The fourth-order valence-corrected chi connectivity index (χ4v) is 8.84. The number of nitrogens with zero attached hydrogens (tertiary/aromatic N) is 4. The van der Waals surface area contributed by atoms with E-state index in [1.807, 2.05) is 29.3 Å². The van der Waals surface area contributed by atoms with Crippen molar-refractivity contribution in [3.63, 3.8) is 0 Å². The zero-order valence-corrected chi connectivity index (χ0v) is 31.6. The second kappa shape index (κ2) is 15.0. The summed E-state index contributed by atoms with van der Waals surface area (Å²) < 4.78 is 39.0. The van der Waals surface area contributed by atoms with Crippen molar-refractivity contribution in [3.05, 3.63) is 115 Å². The lowest BCUT2D eigenvalue weighted by Crippen LogP contribution is -2.47. The van der Waals surface area contributed by atoms with E-state index < -0.39 is 17.9 Å². The van der Waals surface area contributed by atoms with Crippen LogP contribution in [-0.4, -0.2) is 71.1 Å². The molecule has 4 aliphatic heterocycles. The van der Waals surface area contributed by atoms with Gasteiger partial charge in [-0.15, -0.1) is 0 Å². The van der Waals surface area contributed by atoms with Crippen LogP contribution in [0.15, 0.2) is 70.6 Å². The van der Waals surface area contributed by atoms with Crippen LogP contribution in [0.4, 0.5) is 14.5 Å². The van der Waals surface area contributed by atoms with Gasteiger partial charge in [-0.2, -0.15) is 0 Å². The van der Waals surface area contributed by atoms with E-state index >= 15 is 8.78 Å². The second-order valence-electron chi connectivity index (χ2n) is 15.1. The monoisotopic (exact) mass is 768 g/mol. The van der Waals surface area contributed by atoms with Crippen LogP contribution in [-0.2, 0) is 49.2 Å². The highest BCUT2D eigenvalue weighted by atomic mass is 35.5. The summed E-state index contributed by atoms with van der Waals surface area (Å²) in [6.45, 7) is 3.10. The lowest BCUT2D eigenvalue weighted by molar-refractivity contribution is -0.133. The van der Waals surface area contributed by atoms with Crippen molar-refractivity contribution in [2.45, 2.75) is 69.7 Å². The van der Waals surface area contributed by atoms with E-state index in [1.165, 1.54) is 11.1 Å². The van der Waals surface area contributed by atoms with Crippen molar-refractivity contribution in [2.75, 3.05) is 32.1 Å². The molecule has 0 bridgehead atoms. The van der Waals surface area contributed by atoms with Crippen LogP contribution >= 0.6 is 11.6 Å². The van der Waals surface area contributed by atoms with Crippen molar-refractivity contribution in [3.8, 4) is 16.9 Å². The summed E-state index contributed by atoms with van der Waals surface area (Å²) in [7, 11) is 3.37. The number of methoxy groups -OCH3 is 1. The minimum absolute atomic E-state index is 0.0516. The third kappa shape index (κ3) is 7.42. The van der Waals surface area contributed by atoms with Gasteiger partial charge in [0, 0.05) is 85.0 Å². The maximum atomic E-state index is 15.8. The standard InChI is InChI=1S/C42H43ClF2N6O4/c1-49-22-33(31-18-46-19-32(31)41(49)54)28-16-36(43)34(38(17-28)55-2)23-50-14-12-30-26(20-50)4-3-5-27(30)21-51-15-13-35(42(44,45)24-51)25-6-8-29(9-7-25)47-37-10-11-39(52)48-40(37)53/h3-9,16-18,22,35,37,47H,10-15,19-21,23-24H2,1-2H3,(H,48,52,53). The number of aryl methyl sites for hydroxylation is 1. The molecule has 5 heterocycles. The molecule has 2 fully saturated rings. The number of likely N-dealkylation sites (tertiary alicyclic amines) is 1. The number of ether oxygens (including phenoxy) is 1. The normalized spacial score (nSPS) is 20.9. The zero-order chi connectivity index (χ0) is 38.4. The molecule has 8 rings (SSSR count). The summed E-state index contributed by atoms with van der Waals surface area (Å²) in [5.74, 6) is -3.81. The van der Waals surface area contributed by atoms with Crippen LogP contribution in [0.3, 0.4) is 0 Å². The molecule has 2 saturated heterocycles. The topological polar surface area (TPSA) is 108 Å². The first-order valence-corrected chi connectivity index (χ1v) is 19.1. The number of amides is 2. The third-order valence-electron chi connectivity index (χ3n) is 11.5. The first-order valence-electron chi connectivity index (χ1n) is 18.7. The summed E-state index contributed by atoms with van der Waals surface area (Å²) >= 11 is 6.96. The number of alkyl halides is 2. The highest BCUT2D eigenvalue weighted by Crippen LogP contribution is 2.42. The first-order chi connectivity index (χ1) is 26.5. The van der Waals surface area contributed by atoms with Crippen LogP contribution < -0.4 is 20.9 Å². The predicted molar refractivity (Wildman–Crippen MR) is 208 cm³/mol. The number of aliphatic imine (C=N–C) groups is 1. The minimum atomic E-state index is -2.92. The maximum Gasteiger partial charge on any atom is 0.267 e. The fourth-order valence-electron chi connectivity index (χ4n) is 8.57. The Balaban J connectivity index is 0.915. The van der Waals surface area contributed by atoms with E-state index in [4.69, 9.17) is 16.3 Å². The van der Waals surface area contributed by atoms with Gasteiger partial charge in [0.2, 0.25) is 11.8 Å². The Morgan fingerprint density at radius 1 is 1.00 bits per heavy atom. The van der Waals surface area contributed by atoms with Gasteiger partial charge in [0.15, 0.2) is 0 Å². The number of carbonyl (C=O) groups excluding carboxylic acids is 2. The molecule has 2 N–H and O–H groups in total. The van der Waals surface area contributed by atoms with Crippen LogP contribution in [0.25, 0.3) is 11.1 Å². The van der Waals surface area contributed by atoms with Gasteiger partial charge in [0.25, 0.3) is 11.5 Å². The highest BCUT2D eigenvalue weighted by molar-refractivity contribution is 6.32. The van der Waals surface area contributed by atoms with Gasteiger partial charge in [0.1, 0.15) is 11.8 Å². The molecule has 0 spiro atoms. The summed E-state index contributed by atoms with van der Waals surface area (Å²) in [4.78, 5) is 44.8. The van der Waals surface area contributed by atoms with E-state index in [2.05, 4.69) is 32.7 Å². The van der Waals surface area contributed by atoms with Gasteiger partial charge in [-0.05, 0) is 77.9 Å². The van der Waals surface area contributed by atoms with Crippen LogP contribution in [0.1, 0.15) is 64.1 Å². The molecule has 3 aromatic carbocycles. The predicted octanol–water partition coefficient (Wildman–Crippen LogP) is 6.05. The van der Waals surface area contributed by atoms with Crippen LogP contribution in [0.2, 0.25) is 5.02 Å². The molecule has 13 heteroatoms. The van der Waals surface area contributed by atoms with Gasteiger partial charge < -0.3 is 14.6 Å². The van der Waals surface area contributed by atoms with Crippen molar-refractivity contribution in [1.29, 1.82) is 0 Å². The Kier molecular flexibility index (Phi) is 10.1. The summed E-state index contributed by atoms with van der Waals surface area (Å²) in [6.07, 6.45) is 5.34. The van der Waals surface area contributed by atoms with Gasteiger partial charge >= 0.3 is 0 Å². The Morgan fingerprint density at radius 2 is 1.82 bits per heavy atom. The third-order valence-corrected chi connectivity index (χ3v) is 11.8. The molecule has 286 valence electrons. The van der Waals surface area contributed by atoms with Gasteiger partial charge in [-0.1, -0.05) is 41.9 Å². The van der Waals surface area contributed by atoms with E-state index in [9.17, 15) is 14.4 Å². The summed E-state index contributed by atoms with van der Waals surface area (Å²) in [6, 6.07) is 16.5. The number of hydrogen-bond donors (Lipinski definition) is 2. The first kappa shape index (κ1) is 37.0. The summed E-state index contributed by atoms with van der Waals surface area (Å²) in [5, 5.41) is 6.02. The quantitative estimate of drug-likeness (QED) is 0.200. The Hall–Kier alpha value is -4.91. The number of rotatable bonds is 9. The largest absolute Gasteiger partial charge is 0.496 e. The zero-order valence-electron chi connectivity index (χ0n) is 30.8. The average molecular weight is 769 g/mol. The highest BCUT2D eigenvalue weighted by Gasteiger charge is 2.45. The molecule has 0 saturated carbocycles. The Labute approximate surface area is 323 Å². The fraction of sp³-hybridized carbons (Fsp3) is 0.381. The SMILES string of the molecule is COc1cc(-c2cn(C)c(=O)c3c2C=NC3)cc(Cl)c1CN1CCc2c(cccc2CN2CCC(c3ccc(NC4CCC(=O)NC4=O)cc3)C(F)(F)C2)C1. The Bertz CT molecular complexity index is 2260. The number of aromatic nitrogens is 1. The lowest BCUT2D eigenvalue weighted by Gasteiger charge is -2.39. The number of nitrogens with one attached hydrogen (secondary N) is 2. The molecular formula is C42H43ClF2N6O4. The number of hydrogen-bond acceptors (Lipinski definition) is 8. The molecule has 10 nitrogen and oxygen atoms in total. The van der Waals surface area contributed by atoms with E-state index in [0.717, 1.165) is 40.8 Å². The van der Waals surface area contributed by atoms with Gasteiger partial charge in [-0.25, -0.2) is 8.78 Å². The van der Waals surface area contributed by atoms with E-state index in [0.29, 0.717) is 73.2 Å². The maximum absolute atomic E-state index is 15.8. The number of carbonyl (C=O) groups is 2. The van der Waals surface area contributed by atoms with Gasteiger partial charge in [0.05, 0.1) is 26.1 Å². The molecular weight excluding hydrogens is 726 g/mol. The van der Waals surface area contributed by atoms with Crippen molar-refractivity contribution >= 4 is 35.3 Å². The van der Waals surface area contributed by atoms with E-state index in [-0.39, 0.29) is 30.3 Å². The molecule has 0 radical (unpaired) electrons. The number of imide groups is 1. The Morgan fingerprint density at radius 3 is 2.58 bits per heavy atom. The average Bonchev–Trinajstić information content (AvgIpc) is 3.66. The molecule has 4 aliphatic rings. The van der Waals surface area contributed by atoms with E-state index in [1.54, 1.807) is 49.2 Å². The van der Waals surface area contributed by atoms with Crippen molar-refractivity contribution < 1.29 is 23.1 Å².